The standard InChI is InChI=1S/C21H24N4O2S/c1-12(2)23-24-20-22-18-17(15-10-21(4,5)27-11-16(15)28-18)19(26)25(20)14-8-6-13(3)7-9-14/h6-9H,10-11H2,1-5H3,(H,22,24). The van der Waals surface area contributed by atoms with Crippen LogP contribution in [0.25, 0.3) is 15.9 Å². The molecule has 2 aromatic heterocycles. The topological polar surface area (TPSA) is 68.5 Å². The third-order valence-electron chi connectivity index (χ3n) is 4.78. The smallest absolute Gasteiger partial charge is 0.268 e. The van der Waals surface area contributed by atoms with Crippen LogP contribution in [0.1, 0.15) is 43.7 Å². The molecule has 0 aliphatic carbocycles. The van der Waals surface area contributed by atoms with Gasteiger partial charge in [0.2, 0.25) is 5.95 Å². The Morgan fingerprint density at radius 3 is 2.68 bits per heavy atom. The number of aryl methyl sites for hydroxylation is 1. The normalized spacial score (nSPS) is 15.3. The zero-order valence-corrected chi connectivity index (χ0v) is 17.6. The molecule has 0 saturated heterocycles. The van der Waals surface area contributed by atoms with E-state index in [9.17, 15) is 4.79 Å². The summed E-state index contributed by atoms with van der Waals surface area (Å²) in [5.41, 5.74) is 6.43. The third-order valence-corrected chi connectivity index (χ3v) is 5.88. The van der Waals surface area contributed by atoms with Gasteiger partial charge < -0.3 is 4.74 Å². The molecule has 0 radical (unpaired) electrons. The summed E-state index contributed by atoms with van der Waals surface area (Å²) in [5, 5.41) is 4.97. The molecule has 0 fully saturated rings. The molecule has 0 bridgehead atoms. The molecular weight excluding hydrogens is 372 g/mol. The summed E-state index contributed by atoms with van der Waals surface area (Å²) in [5.74, 6) is 0.418. The van der Waals surface area contributed by atoms with E-state index in [4.69, 9.17) is 9.72 Å². The maximum Gasteiger partial charge on any atom is 0.268 e. The van der Waals surface area contributed by atoms with Gasteiger partial charge in [-0.15, -0.1) is 11.3 Å². The summed E-state index contributed by atoms with van der Waals surface area (Å²) in [6.07, 6.45) is 0.701. The minimum absolute atomic E-state index is 0.0736. The number of hydrazone groups is 1. The average Bonchev–Trinajstić information content (AvgIpc) is 2.97. The molecule has 0 atom stereocenters. The number of rotatable bonds is 3. The van der Waals surface area contributed by atoms with Crippen LogP contribution < -0.4 is 11.0 Å². The molecule has 6 nitrogen and oxygen atoms in total. The number of fused-ring (bicyclic) bond motifs is 3. The molecule has 0 amide bonds. The fourth-order valence-corrected chi connectivity index (χ4v) is 4.46. The van der Waals surface area contributed by atoms with E-state index in [1.54, 1.807) is 4.57 Å². The van der Waals surface area contributed by atoms with Gasteiger partial charge in [0.05, 0.1) is 23.3 Å². The number of ether oxygens (including phenoxy) is 1. The quantitative estimate of drug-likeness (QED) is 0.526. The first-order valence-electron chi connectivity index (χ1n) is 9.30. The Kier molecular flexibility index (Phi) is 4.59. The van der Waals surface area contributed by atoms with Crippen molar-refractivity contribution in [2.75, 3.05) is 5.43 Å². The van der Waals surface area contributed by atoms with Crippen LogP contribution >= 0.6 is 11.3 Å². The zero-order valence-electron chi connectivity index (χ0n) is 16.8. The van der Waals surface area contributed by atoms with Crippen LogP contribution in [0.2, 0.25) is 0 Å². The van der Waals surface area contributed by atoms with Crippen molar-refractivity contribution in [3.63, 3.8) is 0 Å². The Balaban J connectivity index is 2.00. The number of nitrogens with one attached hydrogen (secondary N) is 1. The lowest BCUT2D eigenvalue weighted by Gasteiger charge is -2.29. The van der Waals surface area contributed by atoms with Crippen molar-refractivity contribution in [1.82, 2.24) is 9.55 Å². The van der Waals surface area contributed by atoms with Gasteiger partial charge in [0.15, 0.2) is 0 Å². The highest BCUT2D eigenvalue weighted by atomic mass is 32.1. The molecule has 0 unspecified atom stereocenters. The van der Waals surface area contributed by atoms with E-state index >= 15 is 0 Å². The van der Waals surface area contributed by atoms with Crippen molar-refractivity contribution in [2.45, 2.75) is 53.2 Å². The number of thiophene rings is 1. The summed E-state index contributed by atoms with van der Waals surface area (Å²) in [6, 6.07) is 7.85. The highest BCUT2D eigenvalue weighted by Crippen LogP contribution is 2.37. The van der Waals surface area contributed by atoms with Crippen molar-refractivity contribution in [3.8, 4) is 5.69 Å². The van der Waals surface area contributed by atoms with Gasteiger partial charge in [-0.25, -0.2) is 15.0 Å². The molecule has 146 valence electrons. The van der Waals surface area contributed by atoms with Crippen molar-refractivity contribution in [2.24, 2.45) is 5.10 Å². The first-order chi connectivity index (χ1) is 13.2. The van der Waals surface area contributed by atoms with Gasteiger partial charge in [-0.3, -0.25) is 4.79 Å². The third kappa shape index (κ3) is 3.36. The second-order valence-corrected chi connectivity index (χ2v) is 9.08. The molecular formula is C21H24N4O2S. The lowest BCUT2D eigenvalue weighted by Crippen LogP contribution is -2.32. The van der Waals surface area contributed by atoms with Gasteiger partial charge >= 0.3 is 0 Å². The van der Waals surface area contributed by atoms with Crippen LogP contribution in [0.3, 0.4) is 0 Å². The minimum atomic E-state index is -0.289. The maximum absolute atomic E-state index is 13.6. The van der Waals surface area contributed by atoms with Crippen LogP contribution in [0.15, 0.2) is 34.2 Å². The van der Waals surface area contributed by atoms with Crippen LogP contribution in [-0.2, 0) is 17.8 Å². The number of benzene rings is 1. The Morgan fingerprint density at radius 2 is 2.00 bits per heavy atom. The Bertz CT molecular complexity index is 1140. The zero-order chi connectivity index (χ0) is 20.1. The molecule has 1 aliphatic rings. The molecule has 0 spiro atoms. The summed E-state index contributed by atoms with van der Waals surface area (Å²) in [4.78, 5) is 20.2. The molecule has 3 aromatic rings. The monoisotopic (exact) mass is 396 g/mol. The van der Waals surface area contributed by atoms with E-state index in [0.717, 1.165) is 32.2 Å². The van der Waals surface area contributed by atoms with Crippen molar-refractivity contribution in [1.29, 1.82) is 0 Å². The molecule has 0 saturated carbocycles. The highest BCUT2D eigenvalue weighted by molar-refractivity contribution is 7.18. The van der Waals surface area contributed by atoms with Crippen LogP contribution in [0, 0.1) is 6.92 Å². The Morgan fingerprint density at radius 1 is 1.29 bits per heavy atom. The molecule has 1 aliphatic heterocycles. The molecule has 4 rings (SSSR count). The van der Waals surface area contributed by atoms with Crippen molar-refractivity contribution in [3.05, 3.63) is 50.6 Å². The number of hydrogen-bond acceptors (Lipinski definition) is 6. The number of nitrogens with zero attached hydrogens (tertiary/aromatic N) is 3. The van der Waals surface area contributed by atoms with Gasteiger partial charge in [-0.2, -0.15) is 5.10 Å². The predicted molar refractivity (Wildman–Crippen MR) is 115 cm³/mol. The summed E-state index contributed by atoms with van der Waals surface area (Å²) < 4.78 is 7.55. The fourth-order valence-electron chi connectivity index (χ4n) is 3.36. The van der Waals surface area contributed by atoms with E-state index in [1.807, 2.05) is 45.0 Å². The van der Waals surface area contributed by atoms with E-state index in [0.29, 0.717) is 24.4 Å². The molecule has 7 heteroatoms. The molecule has 28 heavy (non-hydrogen) atoms. The SMILES string of the molecule is CC(C)=NNc1nc2sc3c(c2c(=O)n1-c1ccc(C)cc1)CC(C)(C)OC3. The van der Waals surface area contributed by atoms with E-state index in [-0.39, 0.29) is 11.2 Å². The van der Waals surface area contributed by atoms with Gasteiger partial charge in [0.25, 0.3) is 5.56 Å². The van der Waals surface area contributed by atoms with Crippen molar-refractivity contribution < 1.29 is 4.74 Å². The minimum Gasteiger partial charge on any atom is -0.370 e. The molecule has 1 N–H and O–H groups in total. The lowest BCUT2D eigenvalue weighted by molar-refractivity contribution is -0.0379. The first-order valence-corrected chi connectivity index (χ1v) is 10.1. The van der Waals surface area contributed by atoms with Crippen LogP contribution in [-0.4, -0.2) is 20.9 Å². The number of hydrogen-bond donors (Lipinski definition) is 1. The fraction of sp³-hybridized carbons (Fsp3) is 0.381. The molecule has 3 heterocycles. The maximum atomic E-state index is 13.6. The van der Waals surface area contributed by atoms with E-state index in [2.05, 4.69) is 24.4 Å². The van der Waals surface area contributed by atoms with Crippen LogP contribution in [0.4, 0.5) is 5.95 Å². The lowest BCUT2D eigenvalue weighted by atomic mass is 9.94. The second-order valence-electron chi connectivity index (χ2n) is 7.99. The summed E-state index contributed by atoms with van der Waals surface area (Å²) in [7, 11) is 0. The molecule has 1 aromatic carbocycles. The van der Waals surface area contributed by atoms with Crippen LogP contribution in [0.5, 0.6) is 0 Å². The predicted octanol–water partition coefficient (Wildman–Crippen LogP) is 4.41. The number of aromatic nitrogens is 2. The van der Waals surface area contributed by atoms with E-state index < -0.39 is 0 Å². The van der Waals surface area contributed by atoms with Crippen molar-refractivity contribution >= 4 is 33.2 Å². The number of anilines is 1. The Hall–Kier alpha value is -2.51. The largest absolute Gasteiger partial charge is 0.370 e. The summed E-state index contributed by atoms with van der Waals surface area (Å²) >= 11 is 1.53. The van der Waals surface area contributed by atoms with Gasteiger partial charge in [-0.05, 0) is 52.3 Å². The average molecular weight is 397 g/mol. The summed E-state index contributed by atoms with van der Waals surface area (Å²) in [6.45, 7) is 10.4. The van der Waals surface area contributed by atoms with Gasteiger partial charge in [0, 0.05) is 17.0 Å². The Labute approximate surface area is 167 Å². The van der Waals surface area contributed by atoms with Gasteiger partial charge in [0.1, 0.15) is 4.83 Å². The van der Waals surface area contributed by atoms with E-state index in [1.165, 1.54) is 11.3 Å². The first kappa shape index (κ1) is 18.8. The highest BCUT2D eigenvalue weighted by Gasteiger charge is 2.31. The van der Waals surface area contributed by atoms with Gasteiger partial charge in [-0.1, -0.05) is 17.7 Å². The second kappa shape index (κ2) is 6.83.